The van der Waals surface area contributed by atoms with Crippen molar-refractivity contribution in [1.82, 2.24) is 20.2 Å². The minimum absolute atomic E-state index is 0.0544. The van der Waals surface area contributed by atoms with Crippen LogP contribution in [-0.4, -0.2) is 33.2 Å². The molecular formula is C16H13F3N6O2. The number of hydrogen-bond acceptors (Lipinski definition) is 6. The van der Waals surface area contributed by atoms with Crippen LogP contribution in [0.15, 0.2) is 36.7 Å². The molecule has 0 aliphatic carbocycles. The number of alkyl halides is 3. The van der Waals surface area contributed by atoms with Gasteiger partial charge in [-0.25, -0.2) is 9.97 Å². The molecule has 0 spiro atoms. The molecule has 0 aliphatic heterocycles. The number of carbonyl (C=O) groups excluding carboxylic acids is 1. The van der Waals surface area contributed by atoms with Crippen molar-refractivity contribution in [2.24, 2.45) is 0 Å². The highest BCUT2D eigenvalue weighted by Gasteiger charge is 2.36. The number of nitrogens with two attached hydrogens (primary N) is 1. The van der Waals surface area contributed by atoms with E-state index in [0.29, 0.717) is 6.07 Å². The SMILES string of the molecule is COc1ccc(-c2nc(C(=O)Nc3ccn[nH]3)c(N)cc2C(F)(F)F)cn1. The number of carbonyl (C=O) groups is 1. The summed E-state index contributed by atoms with van der Waals surface area (Å²) < 4.78 is 45.2. The van der Waals surface area contributed by atoms with Gasteiger partial charge < -0.3 is 15.8 Å². The normalized spacial score (nSPS) is 11.3. The molecule has 0 saturated heterocycles. The van der Waals surface area contributed by atoms with E-state index in [-0.39, 0.29) is 23.0 Å². The van der Waals surface area contributed by atoms with E-state index in [1.165, 1.54) is 37.7 Å². The first-order valence-electron chi connectivity index (χ1n) is 7.48. The van der Waals surface area contributed by atoms with Crippen molar-refractivity contribution in [3.05, 3.63) is 47.9 Å². The predicted molar refractivity (Wildman–Crippen MR) is 90.0 cm³/mol. The van der Waals surface area contributed by atoms with Gasteiger partial charge in [-0.2, -0.15) is 18.3 Å². The summed E-state index contributed by atoms with van der Waals surface area (Å²) in [6, 6.07) is 4.88. The lowest BCUT2D eigenvalue weighted by atomic mass is 10.0. The first-order chi connectivity index (χ1) is 12.8. The van der Waals surface area contributed by atoms with Gasteiger partial charge in [0.2, 0.25) is 5.88 Å². The number of nitrogen functional groups attached to an aromatic ring is 1. The quantitative estimate of drug-likeness (QED) is 0.642. The van der Waals surface area contributed by atoms with Gasteiger partial charge in [0.15, 0.2) is 5.69 Å². The number of rotatable bonds is 4. The standard InChI is InChI=1S/C16H13F3N6O2/c1-27-12-3-2-8(7-21-12)13-9(16(17,18)19)6-10(20)14(24-13)15(26)23-11-4-5-22-25-11/h2-7H,20H2,1H3,(H2,22,23,25,26). The molecule has 0 fully saturated rings. The van der Waals surface area contributed by atoms with E-state index < -0.39 is 29.0 Å². The zero-order valence-corrected chi connectivity index (χ0v) is 13.8. The molecule has 0 radical (unpaired) electrons. The van der Waals surface area contributed by atoms with Crippen molar-refractivity contribution in [2.75, 3.05) is 18.2 Å². The first-order valence-corrected chi connectivity index (χ1v) is 7.48. The molecule has 3 rings (SSSR count). The summed E-state index contributed by atoms with van der Waals surface area (Å²) in [4.78, 5) is 20.1. The molecule has 3 aromatic heterocycles. The molecular weight excluding hydrogens is 365 g/mol. The summed E-state index contributed by atoms with van der Waals surface area (Å²) in [6.07, 6.45) is -2.16. The highest BCUT2D eigenvalue weighted by Crippen LogP contribution is 2.38. The Morgan fingerprint density at radius 3 is 2.63 bits per heavy atom. The van der Waals surface area contributed by atoms with E-state index in [9.17, 15) is 18.0 Å². The number of nitrogens with zero attached hydrogens (tertiary/aromatic N) is 3. The molecule has 1 amide bonds. The number of amides is 1. The summed E-state index contributed by atoms with van der Waals surface area (Å²) in [5.41, 5.74) is 3.39. The number of H-pyrrole nitrogens is 1. The summed E-state index contributed by atoms with van der Waals surface area (Å²) in [6.45, 7) is 0. The lowest BCUT2D eigenvalue weighted by Gasteiger charge is -2.15. The summed E-state index contributed by atoms with van der Waals surface area (Å²) in [5, 5.41) is 8.57. The van der Waals surface area contributed by atoms with Gasteiger partial charge in [0.25, 0.3) is 5.91 Å². The number of methoxy groups -OCH3 is 1. The van der Waals surface area contributed by atoms with Crippen molar-refractivity contribution in [1.29, 1.82) is 0 Å². The molecule has 140 valence electrons. The van der Waals surface area contributed by atoms with Crippen LogP contribution in [0.1, 0.15) is 16.1 Å². The molecule has 8 nitrogen and oxygen atoms in total. The highest BCUT2D eigenvalue weighted by atomic mass is 19.4. The van der Waals surface area contributed by atoms with Crippen molar-refractivity contribution in [2.45, 2.75) is 6.18 Å². The van der Waals surface area contributed by atoms with E-state index in [2.05, 4.69) is 25.5 Å². The van der Waals surface area contributed by atoms with Crippen molar-refractivity contribution in [3.63, 3.8) is 0 Å². The number of anilines is 2. The summed E-state index contributed by atoms with van der Waals surface area (Å²) in [7, 11) is 1.38. The fourth-order valence-corrected chi connectivity index (χ4v) is 2.29. The topological polar surface area (TPSA) is 119 Å². The Morgan fingerprint density at radius 1 is 1.30 bits per heavy atom. The fourth-order valence-electron chi connectivity index (χ4n) is 2.29. The van der Waals surface area contributed by atoms with Crippen LogP contribution in [0, 0.1) is 0 Å². The van der Waals surface area contributed by atoms with E-state index >= 15 is 0 Å². The van der Waals surface area contributed by atoms with Crippen molar-refractivity contribution >= 4 is 17.4 Å². The third kappa shape index (κ3) is 3.81. The molecule has 0 aliphatic rings. The van der Waals surface area contributed by atoms with Gasteiger partial charge in [0.1, 0.15) is 5.82 Å². The highest BCUT2D eigenvalue weighted by molar-refractivity contribution is 6.06. The van der Waals surface area contributed by atoms with Gasteiger partial charge in [0, 0.05) is 23.9 Å². The smallest absolute Gasteiger partial charge is 0.418 e. The summed E-state index contributed by atoms with van der Waals surface area (Å²) >= 11 is 0. The van der Waals surface area contributed by atoms with Crippen LogP contribution in [0.4, 0.5) is 24.7 Å². The molecule has 3 aromatic rings. The van der Waals surface area contributed by atoms with Crippen molar-refractivity contribution < 1.29 is 22.7 Å². The maximum atomic E-state index is 13.4. The van der Waals surface area contributed by atoms with Gasteiger partial charge in [-0.1, -0.05) is 0 Å². The first kappa shape index (κ1) is 18.2. The third-order valence-electron chi connectivity index (χ3n) is 3.54. The molecule has 3 heterocycles. The molecule has 4 N–H and O–H groups in total. The zero-order chi connectivity index (χ0) is 19.6. The number of aromatic nitrogens is 4. The van der Waals surface area contributed by atoms with Gasteiger partial charge in [0.05, 0.1) is 30.3 Å². The molecule has 0 aromatic carbocycles. The lowest BCUT2D eigenvalue weighted by Crippen LogP contribution is -2.19. The Balaban J connectivity index is 2.09. The van der Waals surface area contributed by atoms with Crippen LogP contribution in [0.25, 0.3) is 11.3 Å². The molecule has 0 atom stereocenters. The van der Waals surface area contributed by atoms with Gasteiger partial charge >= 0.3 is 6.18 Å². The Hall–Kier alpha value is -3.63. The second-order valence-electron chi connectivity index (χ2n) is 5.33. The number of ether oxygens (including phenoxy) is 1. The van der Waals surface area contributed by atoms with Gasteiger partial charge in [-0.3, -0.25) is 9.89 Å². The van der Waals surface area contributed by atoms with Crippen molar-refractivity contribution in [3.8, 4) is 17.1 Å². The maximum absolute atomic E-state index is 13.4. The van der Waals surface area contributed by atoms with Crippen LogP contribution in [0.5, 0.6) is 5.88 Å². The van der Waals surface area contributed by atoms with Gasteiger partial charge in [-0.05, 0) is 12.1 Å². The van der Waals surface area contributed by atoms with E-state index in [0.717, 1.165) is 0 Å². The van der Waals surface area contributed by atoms with Gasteiger partial charge in [-0.15, -0.1) is 0 Å². The minimum atomic E-state index is -4.73. The van der Waals surface area contributed by atoms with E-state index in [4.69, 9.17) is 10.5 Å². The minimum Gasteiger partial charge on any atom is -0.481 e. The molecule has 11 heteroatoms. The van der Waals surface area contributed by atoms with Crippen LogP contribution in [0.2, 0.25) is 0 Å². The van der Waals surface area contributed by atoms with Crippen LogP contribution in [-0.2, 0) is 6.18 Å². The maximum Gasteiger partial charge on any atom is 0.418 e. The van der Waals surface area contributed by atoms with E-state index in [1.54, 1.807) is 0 Å². The number of hydrogen-bond donors (Lipinski definition) is 3. The number of halogens is 3. The fraction of sp³-hybridized carbons (Fsp3) is 0.125. The molecule has 0 bridgehead atoms. The zero-order valence-electron chi connectivity index (χ0n) is 13.8. The number of aromatic amines is 1. The Labute approximate surface area is 150 Å². The predicted octanol–water partition coefficient (Wildman–Crippen LogP) is 2.73. The van der Waals surface area contributed by atoms with Crippen LogP contribution in [0.3, 0.4) is 0 Å². The monoisotopic (exact) mass is 378 g/mol. The molecule has 27 heavy (non-hydrogen) atoms. The Kier molecular flexibility index (Phi) is 4.67. The van der Waals surface area contributed by atoms with Crippen LogP contribution < -0.4 is 15.8 Å². The molecule has 0 unspecified atom stereocenters. The molecule has 0 saturated carbocycles. The Morgan fingerprint density at radius 2 is 2.07 bits per heavy atom. The van der Waals surface area contributed by atoms with Crippen LogP contribution >= 0.6 is 0 Å². The number of nitrogens with one attached hydrogen (secondary N) is 2. The second-order valence-corrected chi connectivity index (χ2v) is 5.33. The largest absolute Gasteiger partial charge is 0.481 e. The van der Waals surface area contributed by atoms with E-state index in [1.807, 2.05) is 0 Å². The Bertz CT molecular complexity index is 956. The summed E-state index contributed by atoms with van der Waals surface area (Å²) in [5.74, 6) is -0.318. The second kappa shape index (κ2) is 6.94. The number of pyridine rings is 2. The average Bonchev–Trinajstić information content (AvgIpc) is 3.13. The average molecular weight is 378 g/mol. The third-order valence-corrected chi connectivity index (χ3v) is 3.54. The lowest BCUT2D eigenvalue weighted by molar-refractivity contribution is -0.137.